The highest BCUT2D eigenvalue weighted by atomic mass is 16.3. The fraction of sp³-hybridized carbons (Fsp3) is 0.783. The number of carbonyl (C=O) groups excluding carboxylic acids is 1. The van der Waals surface area contributed by atoms with Crippen molar-refractivity contribution in [2.75, 3.05) is 6.54 Å². The highest BCUT2D eigenvalue weighted by Crippen LogP contribution is 2.37. The Balaban J connectivity index is 2.51. The van der Waals surface area contributed by atoms with Gasteiger partial charge in [-0.2, -0.15) is 0 Å². The van der Waals surface area contributed by atoms with Gasteiger partial charge < -0.3 is 20.6 Å². The number of aliphatic hydroxyl groups excluding tert-OH is 2. The zero-order chi connectivity index (χ0) is 21.0. The Kier molecular flexibility index (Phi) is 11.7. The van der Waals surface area contributed by atoms with E-state index in [4.69, 9.17) is 0 Å². The monoisotopic (exact) mass is 395 g/mol. The van der Waals surface area contributed by atoms with Gasteiger partial charge in [-0.25, -0.2) is 0 Å². The normalized spacial score (nSPS) is 27.5. The summed E-state index contributed by atoms with van der Waals surface area (Å²) in [4.78, 5) is 11.4. The minimum absolute atomic E-state index is 0.0441. The van der Waals surface area contributed by atoms with Gasteiger partial charge in [0.2, 0.25) is 5.91 Å². The molecule has 162 valence electrons. The molecule has 5 heteroatoms. The number of carbonyl (C=O) groups is 1. The van der Waals surface area contributed by atoms with Gasteiger partial charge in [-0.05, 0) is 45.4 Å². The van der Waals surface area contributed by atoms with Crippen LogP contribution < -0.4 is 5.32 Å². The van der Waals surface area contributed by atoms with E-state index in [1.165, 1.54) is 0 Å². The Morgan fingerprint density at radius 2 is 1.89 bits per heavy atom. The number of rotatable bonds is 13. The molecule has 0 saturated heterocycles. The van der Waals surface area contributed by atoms with E-state index in [0.717, 1.165) is 32.1 Å². The van der Waals surface area contributed by atoms with Crippen LogP contribution in [-0.2, 0) is 4.79 Å². The molecule has 28 heavy (non-hydrogen) atoms. The minimum Gasteiger partial charge on any atom is -0.393 e. The molecule has 1 fully saturated rings. The smallest absolute Gasteiger partial charge is 0.219 e. The molecule has 5 atom stereocenters. The van der Waals surface area contributed by atoms with Crippen molar-refractivity contribution in [3.8, 4) is 0 Å². The summed E-state index contributed by atoms with van der Waals surface area (Å²) < 4.78 is 0. The van der Waals surface area contributed by atoms with Gasteiger partial charge in [-0.15, -0.1) is 0 Å². The molecule has 0 aromatic carbocycles. The lowest BCUT2D eigenvalue weighted by atomic mass is 9.88. The van der Waals surface area contributed by atoms with Crippen LogP contribution in [0.3, 0.4) is 0 Å². The molecule has 5 nitrogen and oxygen atoms in total. The molecule has 1 rings (SSSR count). The predicted octanol–water partition coefficient (Wildman–Crippen LogP) is 3.48. The number of aliphatic hydroxyl groups is 3. The van der Waals surface area contributed by atoms with Crippen LogP contribution >= 0.6 is 0 Å². The number of allylic oxidation sites excluding steroid dienone is 2. The number of nitrogens with one attached hydrogen (secondary N) is 1. The second-order valence-electron chi connectivity index (χ2n) is 8.34. The third-order valence-corrected chi connectivity index (χ3v) is 5.60. The standard InChI is InChI=1S/C23H41NO4/c1-4-6-11-15-23(3,28)16-14-19-18(20(25)17-21(19)26)12-9-7-8-10-13-22(27)24-5-2/h7,9,14,16,18-21,25-26,28H,4-6,8,10-13,15,17H2,1-3H3,(H,24,27)/b9-7-,16-14+/t18-,19-,20+,21-,23+/m1/s1. The molecule has 1 aliphatic carbocycles. The van der Waals surface area contributed by atoms with Gasteiger partial charge in [0, 0.05) is 25.3 Å². The van der Waals surface area contributed by atoms with E-state index in [9.17, 15) is 20.1 Å². The van der Waals surface area contributed by atoms with Crippen LogP contribution in [0.2, 0.25) is 0 Å². The molecule has 0 spiro atoms. The van der Waals surface area contributed by atoms with Crippen LogP contribution in [-0.4, -0.2) is 45.6 Å². The number of amides is 1. The molecule has 1 aliphatic rings. The maximum absolute atomic E-state index is 11.4. The Bertz CT molecular complexity index is 501. The van der Waals surface area contributed by atoms with Crippen molar-refractivity contribution in [3.05, 3.63) is 24.3 Å². The molecule has 0 aromatic rings. The van der Waals surface area contributed by atoms with Crippen LogP contribution in [0.15, 0.2) is 24.3 Å². The van der Waals surface area contributed by atoms with Gasteiger partial charge in [0.1, 0.15) is 0 Å². The molecule has 0 unspecified atom stereocenters. The van der Waals surface area contributed by atoms with Crippen LogP contribution in [0.25, 0.3) is 0 Å². The van der Waals surface area contributed by atoms with Crippen LogP contribution in [0.4, 0.5) is 0 Å². The molecule has 1 saturated carbocycles. The van der Waals surface area contributed by atoms with Gasteiger partial charge in [-0.3, -0.25) is 4.79 Å². The molecule has 0 aliphatic heterocycles. The summed E-state index contributed by atoms with van der Waals surface area (Å²) in [6, 6.07) is 0. The molecule has 0 aromatic heterocycles. The third kappa shape index (κ3) is 9.35. The van der Waals surface area contributed by atoms with Gasteiger partial charge in [0.15, 0.2) is 0 Å². The molecular formula is C23H41NO4. The summed E-state index contributed by atoms with van der Waals surface area (Å²) in [7, 11) is 0. The quantitative estimate of drug-likeness (QED) is 0.284. The average Bonchev–Trinajstić information content (AvgIpc) is 2.89. The summed E-state index contributed by atoms with van der Waals surface area (Å²) in [6.07, 6.45) is 13.8. The van der Waals surface area contributed by atoms with E-state index >= 15 is 0 Å². The van der Waals surface area contributed by atoms with Gasteiger partial charge >= 0.3 is 0 Å². The van der Waals surface area contributed by atoms with Crippen molar-refractivity contribution in [3.63, 3.8) is 0 Å². The first kappa shape index (κ1) is 24.9. The lowest BCUT2D eigenvalue weighted by molar-refractivity contribution is -0.121. The van der Waals surface area contributed by atoms with Crippen LogP contribution in [0.5, 0.6) is 0 Å². The third-order valence-electron chi connectivity index (χ3n) is 5.60. The maximum atomic E-state index is 11.4. The Labute approximate surface area is 170 Å². The van der Waals surface area contributed by atoms with E-state index in [1.54, 1.807) is 13.0 Å². The highest BCUT2D eigenvalue weighted by Gasteiger charge is 2.39. The molecular weight excluding hydrogens is 354 g/mol. The highest BCUT2D eigenvalue weighted by molar-refractivity contribution is 5.75. The van der Waals surface area contributed by atoms with E-state index in [2.05, 4.69) is 18.3 Å². The van der Waals surface area contributed by atoms with Crippen LogP contribution in [0, 0.1) is 11.8 Å². The molecule has 0 bridgehead atoms. The lowest BCUT2D eigenvalue weighted by Gasteiger charge is -2.23. The first-order valence-electron chi connectivity index (χ1n) is 11.0. The molecule has 0 heterocycles. The molecule has 1 amide bonds. The van der Waals surface area contributed by atoms with Gasteiger partial charge in [0.05, 0.1) is 17.8 Å². The Hall–Kier alpha value is -1.17. The van der Waals surface area contributed by atoms with Crippen molar-refractivity contribution >= 4 is 5.91 Å². The van der Waals surface area contributed by atoms with Crippen molar-refractivity contribution < 1.29 is 20.1 Å². The predicted molar refractivity (Wildman–Crippen MR) is 114 cm³/mol. The summed E-state index contributed by atoms with van der Waals surface area (Å²) in [5, 5.41) is 34.0. The van der Waals surface area contributed by atoms with Crippen molar-refractivity contribution in [1.82, 2.24) is 5.32 Å². The van der Waals surface area contributed by atoms with Crippen LogP contribution in [0.1, 0.15) is 78.6 Å². The average molecular weight is 396 g/mol. The first-order valence-corrected chi connectivity index (χ1v) is 11.0. The fourth-order valence-electron chi connectivity index (χ4n) is 3.88. The SMILES string of the molecule is CCCCC[C@](C)(O)/C=C/[C@@H]1[C@@H](C/C=C\CCCC(=O)NCC)[C@@H](O)C[C@H]1O. The number of hydrogen-bond donors (Lipinski definition) is 4. The number of unbranched alkanes of at least 4 members (excludes halogenated alkanes) is 3. The minimum atomic E-state index is -0.873. The van der Waals surface area contributed by atoms with E-state index < -0.39 is 17.8 Å². The van der Waals surface area contributed by atoms with Crippen molar-refractivity contribution in [2.45, 2.75) is 96.4 Å². The topological polar surface area (TPSA) is 89.8 Å². The van der Waals surface area contributed by atoms with Gasteiger partial charge in [0.25, 0.3) is 0 Å². The zero-order valence-electron chi connectivity index (χ0n) is 17.9. The van der Waals surface area contributed by atoms with E-state index in [1.807, 2.05) is 19.1 Å². The largest absolute Gasteiger partial charge is 0.393 e. The van der Waals surface area contributed by atoms with E-state index in [-0.39, 0.29) is 17.7 Å². The maximum Gasteiger partial charge on any atom is 0.219 e. The van der Waals surface area contributed by atoms with Gasteiger partial charge in [-0.1, -0.05) is 50.5 Å². The summed E-state index contributed by atoms with van der Waals surface area (Å²) >= 11 is 0. The summed E-state index contributed by atoms with van der Waals surface area (Å²) in [6.45, 7) is 6.52. The van der Waals surface area contributed by atoms with Crippen molar-refractivity contribution in [2.24, 2.45) is 11.8 Å². The second kappa shape index (κ2) is 13.1. The number of hydrogen-bond acceptors (Lipinski definition) is 4. The zero-order valence-corrected chi connectivity index (χ0v) is 17.9. The van der Waals surface area contributed by atoms with E-state index in [0.29, 0.717) is 32.2 Å². The lowest BCUT2D eigenvalue weighted by Crippen LogP contribution is -2.24. The Morgan fingerprint density at radius 3 is 2.57 bits per heavy atom. The van der Waals surface area contributed by atoms with Crippen molar-refractivity contribution in [1.29, 1.82) is 0 Å². The molecule has 0 radical (unpaired) electrons. The second-order valence-corrected chi connectivity index (χ2v) is 8.34. The fourth-order valence-corrected chi connectivity index (χ4v) is 3.88. The summed E-state index contributed by atoms with van der Waals surface area (Å²) in [5.74, 6) is -0.105. The first-order chi connectivity index (χ1) is 13.3. The molecule has 4 N–H and O–H groups in total. The summed E-state index contributed by atoms with van der Waals surface area (Å²) in [5.41, 5.74) is -0.873. The Morgan fingerprint density at radius 1 is 1.14 bits per heavy atom.